The van der Waals surface area contributed by atoms with Crippen LogP contribution in [0.15, 0.2) is 65.6 Å². The SMILES string of the molecule is CCOc1cc(/C=C2\SC(=O)N(CCOc3cc(C)ccc3C)C2=O)ccc1OCC(=O)Nc1cccc(C)c1. The lowest BCUT2D eigenvalue weighted by atomic mass is 10.1. The Morgan fingerprint density at radius 1 is 0.900 bits per heavy atom. The third-order valence-electron chi connectivity index (χ3n) is 6.02. The topological polar surface area (TPSA) is 94.2 Å². The predicted octanol–water partition coefficient (Wildman–Crippen LogP) is 6.14. The van der Waals surface area contributed by atoms with Crippen LogP contribution in [0.5, 0.6) is 17.2 Å². The molecule has 0 unspecified atom stereocenters. The van der Waals surface area contributed by atoms with Crippen LogP contribution in [0.3, 0.4) is 0 Å². The molecular formula is C31H32N2O6S. The highest BCUT2D eigenvalue weighted by atomic mass is 32.2. The van der Waals surface area contributed by atoms with E-state index < -0.39 is 0 Å². The summed E-state index contributed by atoms with van der Waals surface area (Å²) < 4.78 is 17.3. The third kappa shape index (κ3) is 7.45. The van der Waals surface area contributed by atoms with Gasteiger partial charge in [0.15, 0.2) is 18.1 Å². The highest BCUT2D eigenvalue weighted by Gasteiger charge is 2.34. The summed E-state index contributed by atoms with van der Waals surface area (Å²) in [5.41, 5.74) is 4.46. The number of aryl methyl sites for hydroxylation is 3. The van der Waals surface area contributed by atoms with E-state index in [1.807, 2.05) is 70.2 Å². The molecule has 1 heterocycles. The number of amides is 3. The average molecular weight is 561 g/mol. The molecule has 9 heteroatoms. The van der Waals surface area contributed by atoms with Crippen molar-refractivity contribution in [3.8, 4) is 17.2 Å². The first-order valence-corrected chi connectivity index (χ1v) is 13.8. The highest BCUT2D eigenvalue weighted by Crippen LogP contribution is 2.34. The van der Waals surface area contributed by atoms with Crippen molar-refractivity contribution in [2.45, 2.75) is 27.7 Å². The number of thioether (sulfide) groups is 1. The Hall–Kier alpha value is -4.24. The van der Waals surface area contributed by atoms with Crippen molar-refractivity contribution < 1.29 is 28.6 Å². The van der Waals surface area contributed by atoms with Gasteiger partial charge in [0, 0.05) is 5.69 Å². The Balaban J connectivity index is 1.38. The third-order valence-corrected chi connectivity index (χ3v) is 6.92. The van der Waals surface area contributed by atoms with Gasteiger partial charge >= 0.3 is 0 Å². The van der Waals surface area contributed by atoms with Crippen LogP contribution < -0.4 is 19.5 Å². The molecule has 1 aliphatic rings. The average Bonchev–Trinajstić information content (AvgIpc) is 3.17. The van der Waals surface area contributed by atoms with Crippen molar-refractivity contribution in [3.05, 3.63) is 87.8 Å². The Morgan fingerprint density at radius 3 is 2.48 bits per heavy atom. The summed E-state index contributed by atoms with van der Waals surface area (Å²) >= 11 is 0.886. The zero-order valence-electron chi connectivity index (χ0n) is 23.0. The lowest BCUT2D eigenvalue weighted by molar-refractivity contribution is -0.123. The van der Waals surface area contributed by atoms with E-state index >= 15 is 0 Å². The van der Waals surface area contributed by atoms with E-state index in [1.54, 1.807) is 24.3 Å². The fraction of sp³-hybridized carbons (Fsp3) is 0.258. The molecule has 0 radical (unpaired) electrons. The highest BCUT2D eigenvalue weighted by molar-refractivity contribution is 8.18. The quantitative estimate of drug-likeness (QED) is 0.281. The van der Waals surface area contributed by atoms with Gasteiger partial charge in [-0.05, 0) is 98.1 Å². The van der Waals surface area contributed by atoms with Crippen LogP contribution in [-0.2, 0) is 9.59 Å². The van der Waals surface area contributed by atoms with Crippen LogP contribution in [0.2, 0.25) is 0 Å². The number of benzene rings is 3. The Labute approximate surface area is 238 Å². The molecule has 1 fully saturated rings. The fourth-order valence-corrected chi connectivity index (χ4v) is 4.88. The van der Waals surface area contributed by atoms with Crippen molar-refractivity contribution in [2.75, 3.05) is 31.7 Å². The first-order chi connectivity index (χ1) is 19.2. The van der Waals surface area contributed by atoms with Crippen molar-refractivity contribution in [3.63, 3.8) is 0 Å². The summed E-state index contributed by atoms with van der Waals surface area (Å²) in [5, 5.41) is 2.46. The van der Waals surface area contributed by atoms with Crippen LogP contribution in [0.1, 0.15) is 29.2 Å². The van der Waals surface area contributed by atoms with Crippen LogP contribution in [-0.4, -0.2) is 48.3 Å². The maximum absolute atomic E-state index is 13.0. The lowest BCUT2D eigenvalue weighted by Gasteiger charge is -2.15. The molecule has 0 spiro atoms. The largest absolute Gasteiger partial charge is 0.491 e. The van der Waals surface area contributed by atoms with Gasteiger partial charge in [-0.2, -0.15) is 0 Å². The molecule has 3 aromatic carbocycles. The standard InChI is InChI=1S/C31H32N2O6S/c1-5-37-27-17-23(11-12-25(27)39-19-29(34)32-24-8-6-7-20(2)15-24)18-28-30(35)33(31(36)40-28)13-14-38-26-16-21(3)9-10-22(26)4/h6-12,15-18H,5,13-14,19H2,1-4H3,(H,32,34)/b28-18-. The Bertz CT molecular complexity index is 1450. The van der Waals surface area contributed by atoms with Crippen LogP contribution in [0.4, 0.5) is 10.5 Å². The Kier molecular flexibility index (Phi) is 9.50. The van der Waals surface area contributed by atoms with Gasteiger partial charge in [0.05, 0.1) is 18.1 Å². The summed E-state index contributed by atoms with van der Waals surface area (Å²) in [6.45, 7) is 8.25. The molecule has 1 saturated heterocycles. The molecule has 0 aromatic heterocycles. The molecule has 0 atom stereocenters. The maximum atomic E-state index is 13.0. The van der Waals surface area contributed by atoms with Crippen molar-refractivity contribution in [2.24, 2.45) is 0 Å². The molecule has 0 saturated carbocycles. The van der Waals surface area contributed by atoms with Gasteiger partial charge in [-0.3, -0.25) is 19.3 Å². The summed E-state index contributed by atoms with van der Waals surface area (Å²) in [6.07, 6.45) is 1.65. The molecule has 3 amide bonds. The van der Waals surface area contributed by atoms with Gasteiger partial charge in [0.1, 0.15) is 12.4 Å². The van der Waals surface area contributed by atoms with E-state index in [0.29, 0.717) is 34.3 Å². The molecule has 8 nitrogen and oxygen atoms in total. The number of carbonyl (C=O) groups excluding carboxylic acids is 3. The molecule has 1 aliphatic heterocycles. The second kappa shape index (κ2) is 13.2. The van der Waals surface area contributed by atoms with E-state index in [9.17, 15) is 14.4 Å². The van der Waals surface area contributed by atoms with E-state index in [0.717, 1.165) is 34.2 Å². The number of anilines is 1. The lowest BCUT2D eigenvalue weighted by Crippen LogP contribution is -2.32. The van der Waals surface area contributed by atoms with Gasteiger partial charge in [-0.15, -0.1) is 0 Å². The number of imide groups is 1. The van der Waals surface area contributed by atoms with E-state index in [-0.39, 0.29) is 36.8 Å². The molecule has 208 valence electrons. The van der Waals surface area contributed by atoms with Crippen LogP contribution >= 0.6 is 11.8 Å². The van der Waals surface area contributed by atoms with Gasteiger partial charge in [-0.25, -0.2) is 0 Å². The maximum Gasteiger partial charge on any atom is 0.293 e. The monoisotopic (exact) mass is 560 g/mol. The van der Waals surface area contributed by atoms with E-state index in [1.165, 1.54) is 4.90 Å². The molecule has 4 rings (SSSR count). The normalized spacial score (nSPS) is 14.0. The second-order valence-electron chi connectivity index (χ2n) is 9.30. The van der Waals surface area contributed by atoms with Gasteiger partial charge in [-0.1, -0.05) is 30.3 Å². The fourth-order valence-electron chi connectivity index (χ4n) is 4.02. The van der Waals surface area contributed by atoms with Crippen LogP contribution in [0, 0.1) is 20.8 Å². The summed E-state index contributed by atoms with van der Waals surface area (Å²) in [6, 6.07) is 18.5. The predicted molar refractivity (Wildman–Crippen MR) is 157 cm³/mol. The molecule has 3 aromatic rings. The number of carbonyl (C=O) groups is 3. The number of hydrogen-bond acceptors (Lipinski definition) is 7. The Morgan fingerprint density at radius 2 is 1.70 bits per heavy atom. The minimum atomic E-state index is -0.370. The minimum absolute atomic E-state index is 0.150. The number of rotatable bonds is 11. The first-order valence-electron chi connectivity index (χ1n) is 12.9. The minimum Gasteiger partial charge on any atom is -0.491 e. The number of ether oxygens (including phenoxy) is 3. The summed E-state index contributed by atoms with van der Waals surface area (Å²) in [5.74, 6) is 0.898. The van der Waals surface area contributed by atoms with E-state index in [2.05, 4.69) is 5.32 Å². The van der Waals surface area contributed by atoms with Crippen molar-refractivity contribution >= 4 is 40.6 Å². The molecule has 0 aliphatic carbocycles. The van der Waals surface area contributed by atoms with E-state index in [4.69, 9.17) is 14.2 Å². The van der Waals surface area contributed by atoms with Crippen LogP contribution in [0.25, 0.3) is 6.08 Å². The first kappa shape index (κ1) is 28.8. The van der Waals surface area contributed by atoms with Crippen molar-refractivity contribution in [1.29, 1.82) is 0 Å². The van der Waals surface area contributed by atoms with Crippen molar-refractivity contribution in [1.82, 2.24) is 4.90 Å². The number of nitrogens with zero attached hydrogens (tertiary/aromatic N) is 1. The second-order valence-corrected chi connectivity index (χ2v) is 10.3. The molecule has 40 heavy (non-hydrogen) atoms. The number of nitrogens with one attached hydrogen (secondary N) is 1. The molecule has 0 bridgehead atoms. The number of hydrogen-bond donors (Lipinski definition) is 1. The van der Waals surface area contributed by atoms with Gasteiger partial charge in [0.2, 0.25) is 0 Å². The summed E-state index contributed by atoms with van der Waals surface area (Å²) in [7, 11) is 0. The van der Waals surface area contributed by atoms with Gasteiger partial charge < -0.3 is 19.5 Å². The smallest absolute Gasteiger partial charge is 0.293 e. The molecule has 1 N–H and O–H groups in total. The summed E-state index contributed by atoms with van der Waals surface area (Å²) in [4.78, 5) is 39.4. The molecular weight excluding hydrogens is 528 g/mol. The van der Waals surface area contributed by atoms with Gasteiger partial charge in [0.25, 0.3) is 17.1 Å². The zero-order valence-corrected chi connectivity index (χ0v) is 23.8. The zero-order chi connectivity index (χ0) is 28.6.